The van der Waals surface area contributed by atoms with Crippen molar-refractivity contribution in [3.05, 3.63) is 26.3 Å². The molecule has 2 unspecified atom stereocenters. The molecular formula is C14H20BrN3O3. The lowest BCUT2D eigenvalue weighted by Gasteiger charge is -2.30. The minimum atomic E-state index is -0.431. The molecule has 0 aliphatic heterocycles. The van der Waals surface area contributed by atoms with Gasteiger partial charge in [0.05, 0.1) is 9.40 Å². The number of aliphatic hydroxyl groups is 1. The fourth-order valence-corrected chi connectivity index (χ4v) is 3.34. The monoisotopic (exact) mass is 357 g/mol. The Kier molecular flexibility index (Phi) is 5.52. The minimum absolute atomic E-state index is 0.0123. The van der Waals surface area contributed by atoms with E-state index in [0.717, 1.165) is 19.4 Å². The Labute approximate surface area is 132 Å². The smallest absolute Gasteiger partial charge is 0.291 e. The van der Waals surface area contributed by atoms with Crippen molar-refractivity contribution in [1.82, 2.24) is 4.98 Å². The molecule has 0 bridgehead atoms. The number of hydrogen-bond donors (Lipinski definition) is 2. The first-order chi connectivity index (χ1) is 10.0. The number of rotatable bonds is 5. The molecular weight excluding hydrogens is 338 g/mol. The number of nitrogens with one attached hydrogen (secondary N) is 1. The van der Waals surface area contributed by atoms with Crippen molar-refractivity contribution in [3.8, 4) is 0 Å². The molecule has 7 heteroatoms. The molecule has 0 saturated heterocycles. The van der Waals surface area contributed by atoms with E-state index in [1.54, 1.807) is 6.92 Å². The van der Waals surface area contributed by atoms with Gasteiger partial charge in [-0.15, -0.1) is 0 Å². The molecule has 1 aliphatic carbocycles. The van der Waals surface area contributed by atoms with Crippen molar-refractivity contribution >= 4 is 27.4 Å². The highest BCUT2D eigenvalue weighted by atomic mass is 79.9. The standard InChI is InChI=1S/C14H20BrN3O3/c1-9-12(18(20)21)7-17-14(13(9)15)16-6-10-4-2-3-5-11(10)8-19/h7,10-11,19H,2-6,8H2,1H3,(H,16,17). The summed E-state index contributed by atoms with van der Waals surface area (Å²) in [5.41, 5.74) is 0.582. The van der Waals surface area contributed by atoms with E-state index in [2.05, 4.69) is 26.2 Å². The molecule has 2 rings (SSSR count). The normalized spacial score (nSPS) is 22.0. The van der Waals surface area contributed by atoms with Gasteiger partial charge in [0.15, 0.2) is 0 Å². The van der Waals surface area contributed by atoms with Crippen molar-refractivity contribution < 1.29 is 10.0 Å². The maximum absolute atomic E-state index is 10.9. The zero-order chi connectivity index (χ0) is 15.4. The Balaban J connectivity index is 2.06. The number of nitro groups is 1. The maximum atomic E-state index is 10.9. The topological polar surface area (TPSA) is 88.3 Å². The Hall–Kier alpha value is -1.21. The van der Waals surface area contributed by atoms with Crippen LogP contribution in [0.1, 0.15) is 31.2 Å². The highest BCUT2D eigenvalue weighted by Gasteiger charge is 2.25. The number of pyridine rings is 1. The zero-order valence-electron chi connectivity index (χ0n) is 12.0. The van der Waals surface area contributed by atoms with Crippen LogP contribution in [-0.4, -0.2) is 28.2 Å². The number of hydrogen-bond acceptors (Lipinski definition) is 5. The van der Waals surface area contributed by atoms with E-state index in [9.17, 15) is 15.2 Å². The number of anilines is 1. The third kappa shape index (κ3) is 3.71. The summed E-state index contributed by atoms with van der Waals surface area (Å²) in [6.45, 7) is 2.65. The fourth-order valence-electron chi connectivity index (χ4n) is 2.90. The van der Waals surface area contributed by atoms with E-state index in [1.807, 2.05) is 0 Å². The average molecular weight is 358 g/mol. The van der Waals surface area contributed by atoms with Crippen molar-refractivity contribution in [2.24, 2.45) is 11.8 Å². The minimum Gasteiger partial charge on any atom is -0.396 e. The molecule has 1 aromatic heterocycles. The Morgan fingerprint density at radius 3 is 2.76 bits per heavy atom. The van der Waals surface area contributed by atoms with Gasteiger partial charge in [0.1, 0.15) is 12.0 Å². The summed E-state index contributed by atoms with van der Waals surface area (Å²) in [6.07, 6.45) is 5.82. The van der Waals surface area contributed by atoms with Gasteiger partial charge in [0.2, 0.25) is 0 Å². The second-order valence-electron chi connectivity index (χ2n) is 5.56. The van der Waals surface area contributed by atoms with E-state index < -0.39 is 4.92 Å². The summed E-state index contributed by atoms with van der Waals surface area (Å²) in [5.74, 6) is 1.39. The van der Waals surface area contributed by atoms with Gasteiger partial charge >= 0.3 is 0 Å². The highest BCUT2D eigenvalue weighted by Crippen LogP contribution is 2.33. The van der Waals surface area contributed by atoms with Gasteiger partial charge in [-0.05, 0) is 47.5 Å². The van der Waals surface area contributed by atoms with Gasteiger partial charge in [-0.3, -0.25) is 10.1 Å². The lowest BCUT2D eigenvalue weighted by atomic mass is 9.79. The van der Waals surface area contributed by atoms with Crippen LogP contribution in [0.4, 0.5) is 11.5 Å². The van der Waals surface area contributed by atoms with E-state index in [1.165, 1.54) is 19.0 Å². The Morgan fingerprint density at radius 1 is 1.48 bits per heavy atom. The van der Waals surface area contributed by atoms with Crippen LogP contribution in [-0.2, 0) is 0 Å². The van der Waals surface area contributed by atoms with E-state index in [0.29, 0.717) is 27.7 Å². The van der Waals surface area contributed by atoms with Crippen molar-refractivity contribution in [1.29, 1.82) is 0 Å². The Bertz CT molecular complexity index is 524. The van der Waals surface area contributed by atoms with Gasteiger partial charge in [-0.2, -0.15) is 0 Å². The maximum Gasteiger partial charge on any atom is 0.291 e. The lowest BCUT2D eigenvalue weighted by molar-refractivity contribution is -0.385. The summed E-state index contributed by atoms with van der Waals surface area (Å²) in [6, 6.07) is 0. The molecule has 0 radical (unpaired) electrons. The summed E-state index contributed by atoms with van der Waals surface area (Å²) >= 11 is 3.38. The van der Waals surface area contributed by atoms with Crippen LogP contribution in [0, 0.1) is 28.9 Å². The summed E-state index contributed by atoms with van der Waals surface area (Å²) < 4.78 is 0.632. The van der Waals surface area contributed by atoms with Gasteiger partial charge < -0.3 is 10.4 Å². The number of halogens is 1. The largest absolute Gasteiger partial charge is 0.396 e. The average Bonchev–Trinajstić information content (AvgIpc) is 2.48. The second-order valence-corrected chi connectivity index (χ2v) is 6.35. The molecule has 116 valence electrons. The number of aliphatic hydroxyl groups excluding tert-OH is 1. The van der Waals surface area contributed by atoms with Crippen LogP contribution in [0.5, 0.6) is 0 Å². The number of nitrogens with zero attached hydrogens (tertiary/aromatic N) is 2. The molecule has 0 aromatic carbocycles. The van der Waals surface area contributed by atoms with Gasteiger partial charge in [0.25, 0.3) is 5.69 Å². The van der Waals surface area contributed by atoms with Crippen LogP contribution in [0.25, 0.3) is 0 Å². The molecule has 0 amide bonds. The quantitative estimate of drug-likeness (QED) is 0.623. The van der Waals surface area contributed by atoms with Gasteiger partial charge in [0, 0.05) is 18.7 Å². The van der Waals surface area contributed by atoms with Gasteiger partial charge in [-0.25, -0.2) is 4.98 Å². The zero-order valence-corrected chi connectivity index (χ0v) is 13.6. The van der Waals surface area contributed by atoms with Crippen LogP contribution in [0.3, 0.4) is 0 Å². The Morgan fingerprint density at radius 2 is 2.14 bits per heavy atom. The lowest BCUT2D eigenvalue weighted by Crippen LogP contribution is -2.29. The SMILES string of the molecule is Cc1c([N+](=O)[O-])cnc(NCC2CCCCC2CO)c1Br. The van der Waals surface area contributed by atoms with Crippen LogP contribution in [0.2, 0.25) is 0 Å². The van der Waals surface area contributed by atoms with Gasteiger partial charge in [-0.1, -0.05) is 12.8 Å². The summed E-state index contributed by atoms with van der Waals surface area (Å²) in [7, 11) is 0. The predicted octanol–water partition coefficient (Wildman–Crippen LogP) is 3.27. The van der Waals surface area contributed by atoms with Crippen LogP contribution < -0.4 is 5.32 Å². The van der Waals surface area contributed by atoms with Crippen molar-refractivity contribution in [3.63, 3.8) is 0 Å². The fraction of sp³-hybridized carbons (Fsp3) is 0.643. The van der Waals surface area contributed by atoms with E-state index in [-0.39, 0.29) is 12.3 Å². The van der Waals surface area contributed by atoms with Crippen LogP contribution in [0.15, 0.2) is 10.7 Å². The van der Waals surface area contributed by atoms with Crippen molar-refractivity contribution in [2.75, 3.05) is 18.5 Å². The molecule has 1 saturated carbocycles. The molecule has 1 heterocycles. The molecule has 2 atom stereocenters. The molecule has 1 fully saturated rings. The summed E-state index contributed by atoms with van der Waals surface area (Å²) in [5, 5.41) is 23.6. The summed E-state index contributed by atoms with van der Waals surface area (Å²) in [4.78, 5) is 14.6. The van der Waals surface area contributed by atoms with Crippen molar-refractivity contribution in [2.45, 2.75) is 32.6 Å². The molecule has 0 spiro atoms. The molecule has 2 N–H and O–H groups in total. The molecule has 1 aliphatic rings. The molecule has 1 aromatic rings. The molecule has 6 nitrogen and oxygen atoms in total. The highest BCUT2D eigenvalue weighted by molar-refractivity contribution is 9.10. The molecule has 21 heavy (non-hydrogen) atoms. The first-order valence-electron chi connectivity index (χ1n) is 7.18. The third-order valence-corrected chi connectivity index (χ3v) is 5.24. The predicted molar refractivity (Wildman–Crippen MR) is 84.4 cm³/mol. The first-order valence-corrected chi connectivity index (χ1v) is 7.98. The number of aromatic nitrogens is 1. The van der Waals surface area contributed by atoms with Crippen LogP contribution >= 0.6 is 15.9 Å². The first kappa shape index (κ1) is 16.2. The third-order valence-electron chi connectivity index (χ3n) is 4.27. The second kappa shape index (κ2) is 7.17. The van der Waals surface area contributed by atoms with E-state index in [4.69, 9.17) is 0 Å². The van der Waals surface area contributed by atoms with E-state index >= 15 is 0 Å².